The average Bonchev–Trinajstić information content (AvgIpc) is 2.52. The molecule has 0 aromatic rings. The van der Waals surface area contributed by atoms with Crippen molar-refractivity contribution in [3.05, 3.63) is 0 Å². The zero-order valence-electron chi connectivity index (χ0n) is 9.90. The molecule has 1 rings (SSSR count). The van der Waals surface area contributed by atoms with E-state index >= 15 is 0 Å². The smallest absolute Gasteiger partial charge is 0.0354 e. The maximum absolute atomic E-state index is 2.42. The van der Waals surface area contributed by atoms with Gasteiger partial charge in [-0.25, -0.2) is 0 Å². The summed E-state index contributed by atoms with van der Waals surface area (Å²) in [6.07, 6.45) is 8.71. The first-order chi connectivity index (χ1) is 6.07. The van der Waals surface area contributed by atoms with E-state index < -0.39 is 0 Å². The van der Waals surface area contributed by atoms with Gasteiger partial charge in [0, 0.05) is 0 Å². The summed E-state index contributed by atoms with van der Waals surface area (Å²) in [5, 5.41) is 0. The van der Waals surface area contributed by atoms with Crippen molar-refractivity contribution in [2.75, 3.05) is 0 Å². The number of rotatable bonds is 4. The van der Waals surface area contributed by atoms with Crippen molar-refractivity contribution in [2.24, 2.45) is 17.3 Å². The Morgan fingerprint density at radius 2 is 1.69 bits per heavy atom. The van der Waals surface area contributed by atoms with E-state index in [2.05, 4.69) is 27.7 Å². The molecule has 0 radical (unpaired) electrons. The minimum Gasteiger partial charge on any atom is -0.0651 e. The van der Waals surface area contributed by atoms with Gasteiger partial charge in [-0.1, -0.05) is 53.4 Å². The minimum atomic E-state index is 0.591. The van der Waals surface area contributed by atoms with Crippen molar-refractivity contribution in [2.45, 2.75) is 66.2 Å². The van der Waals surface area contributed by atoms with Crippen LogP contribution in [0, 0.1) is 17.3 Å². The Bertz CT molecular complexity index is 146. The van der Waals surface area contributed by atoms with Crippen molar-refractivity contribution in [3.8, 4) is 0 Å². The molecule has 0 heterocycles. The Morgan fingerprint density at radius 3 is 2.15 bits per heavy atom. The van der Waals surface area contributed by atoms with E-state index in [-0.39, 0.29) is 0 Å². The molecule has 0 spiro atoms. The van der Waals surface area contributed by atoms with Gasteiger partial charge in [0.1, 0.15) is 0 Å². The first-order valence-electron chi connectivity index (χ1n) is 6.07. The molecular weight excluding hydrogens is 156 g/mol. The Hall–Kier alpha value is 0. The van der Waals surface area contributed by atoms with Gasteiger partial charge in [-0.3, -0.25) is 0 Å². The molecule has 0 bridgehead atoms. The first-order valence-corrected chi connectivity index (χ1v) is 6.07. The van der Waals surface area contributed by atoms with Gasteiger partial charge in [0.05, 0.1) is 0 Å². The summed E-state index contributed by atoms with van der Waals surface area (Å²) in [6.45, 7) is 9.52. The third-order valence-electron chi connectivity index (χ3n) is 4.03. The largest absolute Gasteiger partial charge is 0.0651 e. The van der Waals surface area contributed by atoms with E-state index in [4.69, 9.17) is 0 Å². The second-order valence-corrected chi connectivity index (χ2v) is 5.68. The summed E-state index contributed by atoms with van der Waals surface area (Å²) in [7, 11) is 0. The zero-order valence-corrected chi connectivity index (χ0v) is 9.90. The molecule has 0 heteroatoms. The fourth-order valence-corrected chi connectivity index (χ4v) is 2.66. The molecule has 1 fully saturated rings. The molecule has 0 aromatic carbocycles. The highest BCUT2D eigenvalue weighted by atomic mass is 14.3. The summed E-state index contributed by atoms with van der Waals surface area (Å²) in [6, 6.07) is 0. The topological polar surface area (TPSA) is 0 Å². The van der Waals surface area contributed by atoms with Gasteiger partial charge in [0.15, 0.2) is 0 Å². The van der Waals surface area contributed by atoms with Crippen LogP contribution in [-0.2, 0) is 0 Å². The SMILES string of the molecule is CCC1CCC(CC(C)(C)CC)C1. The van der Waals surface area contributed by atoms with E-state index in [9.17, 15) is 0 Å². The molecule has 1 aliphatic rings. The van der Waals surface area contributed by atoms with Gasteiger partial charge >= 0.3 is 0 Å². The molecule has 1 aliphatic carbocycles. The van der Waals surface area contributed by atoms with E-state index in [1.54, 1.807) is 0 Å². The number of hydrogen-bond acceptors (Lipinski definition) is 0. The summed E-state index contributed by atoms with van der Waals surface area (Å²) in [5.74, 6) is 2.09. The van der Waals surface area contributed by atoms with E-state index in [1.807, 2.05) is 0 Å². The standard InChI is InChI=1S/C13H26/c1-5-11-7-8-12(9-11)10-13(3,4)6-2/h11-12H,5-10H2,1-4H3. The molecule has 0 aromatic heterocycles. The Labute approximate surface area is 84.1 Å². The molecular formula is C13H26. The van der Waals surface area contributed by atoms with Crippen LogP contribution in [0.25, 0.3) is 0 Å². The van der Waals surface area contributed by atoms with Gasteiger partial charge in [0.2, 0.25) is 0 Å². The maximum atomic E-state index is 2.42. The van der Waals surface area contributed by atoms with Crippen LogP contribution in [0.4, 0.5) is 0 Å². The molecule has 0 nitrogen and oxygen atoms in total. The van der Waals surface area contributed by atoms with Crippen molar-refractivity contribution in [1.29, 1.82) is 0 Å². The summed E-state index contributed by atoms with van der Waals surface area (Å²) >= 11 is 0. The molecule has 0 amide bonds. The van der Waals surface area contributed by atoms with Gasteiger partial charge in [-0.2, -0.15) is 0 Å². The van der Waals surface area contributed by atoms with Crippen molar-refractivity contribution in [3.63, 3.8) is 0 Å². The highest BCUT2D eigenvalue weighted by Gasteiger charge is 2.28. The van der Waals surface area contributed by atoms with Gasteiger partial charge in [-0.15, -0.1) is 0 Å². The van der Waals surface area contributed by atoms with Crippen LogP contribution >= 0.6 is 0 Å². The van der Waals surface area contributed by atoms with Crippen LogP contribution in [0.1, 0.15) is 66.2 Å². The summed E-state index contributed by atoms with van der Waals surface area (Å²) in [4.78, 5) is 0. The fraction of sp³-hybridized carbons (Fsp3) is 1.00. The van der Waals surface area contributed by atoms with Crippen LogP contribution in [-0.4, -0.2) is 0 Å². The van der Waals surface area contributed by atoms with E-state index in [0.717, 1.165) is 11.8 Å². The predicted molar refractivity (Wildman–Crippen MR) is 59.8 cm³/mol. The minimum absolute atomic E-state index is 0.591. The van der Waals surface area contributed by atoms with Gasteiger partial charge in [-0.05, 0) is 30.1 Å². The Morgan fingerprint density at radius 1 is 1.08 bits per heavy atom. The number of hydrogen-bond donors (Lipinski definition) is 0. The summed E-state index contributed by atoms with van der Waals surface area (Å²) in [5.41, 5.74) is 0.591. The third kappa shape index (κ3) is 3.32. The van der Waals surface area contributed by atoms with Crippen LogP contribution < -0.4 is 0 Å². The summed E-state index contributed by atoms with van der Waals surface area (Å²) < 4.78 is 0. The molecule has 0 aliphatic heterocycles. The highest BCUT2D eigenvalue weighted by Crippen LogP contribution is 2.40. The quantitative estimate of drug-likeness (QED) is 0.594. The fourth-order valence-electron chi connectivity index (χ4n) is 2.66. The molecule has 2 unspecified atom stereocenters. The third-order valence-corrected chi connectivity index (χ3v) is 4.03. The Balaban J connectivity index is 2.31. The normalized spacial score (nSPS) is 29.5. The van der Waals surface area contributed by atoms with Crippen LogP contribution in [0.5, 0.6) is 0 Å². The monoisotopic (exact) mass is 182 g/mol. The lowest BCUT2D eigenvalue weighted by Crippen LogP contribution is -2.14. The van der Waals surface area contributed by atoms with Crippen LogP contribution in [0.15, 0.2) is 0 Å². The predicted octanol–water partition coefficient (Wildman–Crippen LogP) is 4.64. The van der Waals surface area contributed by atoms with Crippen LogP contribution in [0.3, 0.4) is 0 Å². The van der Waals surface area contributed by atoms with E-state index in [0.29, 0.717) is 5.41 Å². The zero-order chi connectivity index (χ0) is 9.90. The molecule has 78 valence electrons. The second-order valence-electron chi connectivity index (χ2n) is 5.68. The lowest BCUT2D eigenvalue weighted by atomic mass is 9.80. The van der Waals surface area contributed by atoms with Gasteiger partial charge < -0.3 is 0 Å². The lowest BCUT2D eigenvalue weighted by Gasteiger charge is -2.26. The second kappa shape index (κ2) is 4.48. The Kier molecular flexibility index (Phi) is 3.82. The van der Waals surface area contributed by atoms with Crippen molar-refractivity contribution < 1.29 is 0 Å². The molecule has 2 atom stereocenters. The molecule has 1 saturated carbocycles. The highest BCUT2D eigenvalue weighted by molar-refractivity contribution is 4.79. The lowest BCUT2D eigenvalue weighted by molar-refractivity contribution is 0.254. The van der Waals surface area contributed by atoms with Crippen molar-refractivity contribution in [1.82, 2.24) is 0 Å². The van der Waals surface area contributed by atoms with Crippen molar-refractivity contribution >= 4 is 0 Å². The first kappa shape index (κ1) is 11.1. The average molecular weight is 182 g/mol. The molecule has 0 N–H and O–H groups in total. The van der Waals surface area contributed by atoms with Gasteiger partial charge in [0.25, 0.3) is 0 Å². The maximum Gasteiger partial charge on any atom is -0.0354 e. The van der Waals surface area contributed by atoms with Crippen LogP contribution in [0.2, 0.25) is 0 Å². The molecule has 0 saturated heterocycles. The van der Waals surface area contributed by atoms with E-state index in [1.165, 1.54) is 38.5 Å². The molecule has 13 heavy (non-hydrogen) atoms.